The SMILES string of the molecule is CCc1ccc(CCC(=O)N(Cc2ccccc2Cl)[C@H](Cc2ccccc2)C(=O)N[C@H](C)CC)cc1. The fraction of sp³-hybridized carbons (Fsp3) is 0.355. The first-order valence-corrected chi connectivity index (χ1v) is 13.2. The highest BCUT2D eigenvalue weighted by Crippen LogP contribution is 2.22. The molecule has 0 unspecified atom stereocenters. The smallest absolute Gasteiger partial charge is 0.243 e. The van der Waals surface area contributed by atoms with E-state index in [4.69, 9.17) is 11.6 Å². The summed E-state index contributed by atoms with van der Waals surface area (Å²) in [6, 6.07) is 25.1. The average Bonchev–Trinajstić information content (AvgIpc) is 2.91. The molecule has 3 aromatic rings. The van der Waals surface area contributed by atoms with Crippen LogP contribution < -0.4 is 5.32 Å². The highest BCUT2D eigenvalue weighted by molar-refractivity contribution is 6.31. The molecular formula is C31H37ClN2O2. The van der Waals surface area contributed by atoms with E-state index in [0.717, 1.165) is 29.5 Å². The van der Waals surface area contributed by atoms with Gasteiger partial charge in [0.1, 0.15) is 6.04 Å². The maximum atomic E-state index is 13.7. The number of amides is 2. The molecule has 190 valence electrons. The highest BCUT2D eigenvalue weighted by atomic mass is 35.5. The Morgan fingerprint density at radius 2 is 1.50 bits per heavy atom. The summed E-state index contributed by atoms with van der Waals surface area (Å²) in [4.78, 5) is 29.0. The lowest BCUT2D eigenvalue weighted by Crippen LogP contribution is -2.52. The normalized spacial score (nSPS) is 12.6. The van der Waals surface area contributed by atoms with Crippen LogP contribution in [0.15, 0.2) is 78.9 Å². The van der Waals surface area contributed by atoms with E-state index in [1.807, 2.05) is 68.4 Å². The largest absolute Gasteiger partial charge is 0.352 e. The summed E-state index contributed by atoms with van der Waals surface area (Å²) in [5.41, 5.74) is 4.22. The number of aryl methyl sites for hydroxylation is 2. The summed E-state index contributed by atoms with van der Waals surface area (Å²) < 4.78 is 0. The van der Waals surface area contributed by atoms with Crippen LogP contribution in [-0.4, -0.2) is 28.8 Å². The van der Waals surface area contributed by atoms with E-state index in [2.05, 4.69) is 36.5 Å². The monoisotopic (exact) mass is 504 g/mol. The third kappa shape index (κ3) is 7.96. The van der Waals surface area contributed by atoms with Crippen molar-refractivity contribution >= 4 is 23.4 Å². The van der Waals surface area contributed by atoms with Gasteiger partial charge in [-0.2, -0.15) is 0 Å². The fourth-order valence-corrected chi connectivity index (χ4v) is 4.34. The van der Waals surface area contributed by atoms with E-state index < -0.39 is 6.04 Å². The number of benzene rings is 3. The van der Waals surface area contributed by atoms with E-state index in [1.54, 1.807) is 4.90 Å². The maximum absolute atomic E-state index is 13.7. The van der Waals surface area contributed by atoms with Gasteiger partial charge in [-0.3, -0.25) is 9.59 Å². The van der Waals surface area contributed by atoms with Gasteiger partial charge in [0.25, 0.3) is 0 Å². The van der Waals surface area contributed by atoms with Crippen LogP contribution in [0.2, 0.25) is 5.02 Å². The Bertz CT molecular complexity index is 1110. The zero-order valence-electron chi connectivity index (χ0n) is 21.5. The lowest BCUT2D eigenvalue weighted by molar-refractivity contribution is -0.141. The van der Waals surface area contributed by atoms with Crippen molar-refractivity contribution in [2.75, 3.05) is 0 Å². The number of halogens is 1. The zero-order valence-corrected chi connectivity index (χ0v) is 22.3. The zero-order chi connectivity index (χ0) is 25.9. The predicted molar refractivity (Wildman–Crippen MR) is 148 cm³/mol. The molecule has 0 aliphatic rings. The quantitative estimate of drug-likeness (QED) is 0.310. The van der Waals surface area contributed by atoms with Crippen molar-refractivity contribution in [2.45, 2.75) is 71.5 Å². The molecule has 0 aromatic heterocycles. The second-order valence-electron chi connectivity index (χ2n) is 9.31. The number of nitrogens with zero attached hydrogens (tertiary/aromatic N) is 1. The molecule has 0 spiro atoms. The molecule has 3 aromatic carbocycles. The van der Waals surface area contributed by atoms with Crippen LogP contribution in [0.3, 0.4) is 0 Å². The van der Waals surface area contributed by atoms with E-state index in [-0.39, 0.29) is 24.4 Å². The third-order valence-corrected chi connectivity index (χ3v) is 7.00. The van der Waals surface area contributed by atoms with Crippen molar-refractivity contribution in [3.8, 4) is 0 Å². The van der Waals surface area contributed by atoms with Crippen molar-refractivity contribution < 1.29 is 9.59 Å². The van der Waals surface area contributed by atoms with Crippen molar-refractivity contribution in [1.29, 1.82) is 0 Å². The Hall–Kier alpha value is -3.11. The van der Waals surface area contributed by atoms with Gasteiger partial charge in [0.2, 0.25) is 11.8 Å². The van der Waals surface area contributed by atoms with Crippen molar-refractivity contribution in [1.82, 2.24) is 10.2 Å². The van der Waals surface area contributed by atoms with Gasteiger partial charge in [0.15, 0.2) is 0 Å². The van der Waals surface area contributed by atoms with Gasteiger partial charge in [-0.05, 0) is 54.5 Å². The molecule has 2 amide bonds. The molecule has 0 fully saturated rings. The molecule has 5 heteroatoms. The van der Waals surface area contributed by atoms with Crippen LogP contribution in [0.4, 0.5) is 0 Å². The standard InChI is InChI=1S/C31H37ClN2O2/c1-4-23(3)33-31(36)29(21-26-11-7-6-8-12-26)34(22-27-13-9-10-14-28(27)32)30(35)20-19-25-17-15-24(5-2)16-18-25/h6-18,23,29H,4-5,19-22H2,1-3H3,(H,33,36)/t23-,29-/m1/s1. The molecule has 0 heterocycles. The predicted octanol–water partition coefficient (Wildman–Crippen LogP) is 6.39. The minimum Gasteiger partial charge on any atom is -0.352 e. The van der Waals surface area contributed by atoms with Crippen LogP contribution in [0.5, 0.6) is 0 Å². The number of hydrogen-bond donors (Lipinski definition) is 1. The van der Waals surface area contributed by atoms with E-state index >= 15 is 0 Å². The molecule has 36 heavy (non-hydrogen) atoms. The summed E-state index contributed by atoms with van der Waals surface area (Å²) in [6.07, 6.45) is 3.17. The summed E-state index contributed by atoms with van der Waals surface area (Å²) in [6.45, 7) is 6.42. The molecular weight excluding hydrogens is 468 g/mol. The lowest BCUT2D eigenvalue weighted by Gasteiger charge is -2.32. The Balaban J connectivity index is 1.90. The van der Waals surface area contributed by atoms with Gasteiger partial charge < -0.3 is 10.2 Å². The molecule has 0 aliphatic carbocycles. The first kappa shape index (κ1) is 27.5. The Morgan fingerprint density at radius 1 is 0.861 bits per heavy atom. The van der Waals surface area contributed by atoms with Gasteiger partial charge in [-0.15, -0.1) is 0 Å². The minimum atomic E-state index is -0.646. The molecule has 1 N–H and O–H groups in total. The van der Waals surface area contributed by atoms with Crippen LogP contribution in [0, 0.1) is 0 Å². The molecule has 0 saturated carbocycles. The van der Waals surface area contributed by atoms with Crippen molar-refractivity contribution in [2.24, 2.45) is 0 Å². The van der Waals surface area contributed by atoms with Gasteiger partial charge in [0, 0.05) is 30.5 Å². The van der Waals surface area contributed by atoms with E-state index in [9.17, 15) is 9.59 Å². The molecule has 3 rings (SSSR count). The van der Waals surface area contributed by atoms with Crippen LogP contribution in [0.1, 0.15) is 55.9 Å². The first-order valence-electron chi connectivity index (χ1n) is 12.9. The number of hydrogen-bond acceptors (Lipinski definition) is 2. The molecule has 0 radical (unpaired) electrons. The van der Waals surface area contributed by atoms with Crippen molar-refractivity contribution in [3.63, 3.8) is 0 Å². The van der Waals surface area contributed by atoms with E-state index in [1.165, 1.54) is 5.56 Å². The van der Waals surface area contributed by atoms with Gasteiger partial charge in [-0.25, -0.2) is 0 Å². The van der Waals surface area contributed by atoms with Gasteiger partial charge >= 0.3 is 0 Å². The Morgan fingerprint density at radius 3 is 2.14 bits per heavy atom. The van der Waals surface area contributed by atoms with Crippen molar-refractivity contribution in [3.05, 3.63) is 106 Å². The highest BCUT2D eigenvalue weighted by Gasteiger charge is 2.31. The maximum Gasteiger partial charge on any atom is 0.243 e. The molecule has 4 nitrogen and oxygen atoms in total. The molecule has 0 saturated heterocycles. The minimum absolute atomic E-state index is 0.0186. The lowest BCUT2D eigenvalue weighted by atomic mass is 10.0. The molecule has 2 atom stereocenters. The van der Waals surface area contributed by atoms with Gasteiger partial charge in [0.05, 0.1) is 0 Å². The summed E-state index contributed by atoms with van der Waals surface area (Å²) in [7, 11) is 0. The molecule has 0 bridgehead atoms. The number of carbonyl (C=O) groups excluding carboxylic acids is 2. The number of rotatable bonds is 12. The Labute approximate surface area is 220 Å². The second-order valence-corrected chi connectivity index (χ2v) is 9.71. The third-order valence-electron chi connectivity index (χ3n) is 6.63. The first-order chi connectivity index (χ1) is 17.4. The topological polar surface area (TPSA) is 49.4 Å². The summed E-state index contributed by atoms with van der Waals surface area (Å²) in [5, 5.41) is 3.70. The number of carbonyl (C=O) groups is 2. The van der Waals surface area contributed by atoms with Crippen LogP contribution in [-0.2, 0) is 35.4 Å². The Kier molecular flexibility index (Phi) is 10.6. The van der Waals surface area contributed by atoms with Crippen LogP contribution in [0.25, 0.3) is 0 Å². The average molecular weight is 505 g/mol. The molecule has 0 aliphatic heterocycles. The summed E-state index contributed by atoms with van der Waals surface area (Å²) >= 11 is 6.49. The fourth-order valence-electron chi connectivity index (χ4n) is 4.14. The second kappa shape index (κ2) is 13.8. The van der Waals surface area contributed by atoms with Gasteiger partial charge in [-0.1, -0.05) is 98.2 Å². The van der Waals surface area contributed by atoms with Crippen LogP contribution >= 0.6 is 11.6 Å². The number of nitrogens with one attached hydrogen (secondary N) is 1. The van der Waals surface area contributed by atoms with E-state index in [0.29, 0.717) is 24.3 Å². The summed E-state index contributed by atoms with van der Waals surface area (Å²) in [5.74, 6) is -0.198.